The van der Waals surface area contributed by atoms with Gasteiger partial charge in [-0.2, -0.15) is 13.2 Å². The average Bonchev–Trinajstić information content (AvgIpc) is 2.17. The van der Waals surface area contributed by atoms with Gasteiger partial charge >= 0.3 is 18.5 Å². The monoisotopic (exact) mass is 304 g/mol. The quantitative estimate of drug-likeness (QED) is 0.836. The number of carboxylic acids is 1. The summed E-state index contributed by atoms with van der Waals surface area (Å²) in [6.45, 7) is 0. The highest BCUT2D eigenvalue weighted by atomic mass is 19.4. The molecule has 0 saturated heterocycles. The van der Waals surface area contributed by atoms with Gasteiger partial charge in [-0.3, -0.25) is 4.79 Å². The number of halogens is 6. The number of pyridine rings is 1. The number of hydrogen-bond donors (Lipinski definition) is 2. The molecule has 0 unspecified atom stereocenters. The Bertz CT molecular complexity index is 526. The van der Waals surface area contributed by atoms with Gasteiger partial charge in [0.25, 0.3) is 0 Å². The molecular formula is C9H6F6N2O3. The first-order valence-corrected chi connectivity index (χ1v) is 4.74. The molecule has 0 spiro atoms. The van der Waals surface area contributed by atoms with Crippen LogP contribution in [0.25, 0.3) is 0 Å². The van der Waals surface area contributed by atoms with Crippen molar-refractivity contribution in [3.63, 3.8) is 0 Å². The van der Waals surface area contributed by atoms with Crippen LogP contribution in [0.15, 0.2) is 6.07 Å². The largest absolute Gasteiger partial charge is 0.573 e. The summed E-state index contributed by atoms with van der Waals surface area (Å²) in [6.07, 6.45) is -11.4. The second-order valence-electron chi connectivity index (χ2n) is 3.50. The molecule has 0 aliphatic rings. The molecule has 0 aliphatic carbocycles. The lowest BCUT2D eigenvalue weighted by Gasteiger charge is -2.15. The molecule has 0 saturated carbocycles. The molecule has 5 nitrogen and oxygen atoms in total. The fraction of sp³-hybridized carbons (Fsp3) is 0.333. The number of aliphatic carboxylic acids is 1. The van der Waals surface area contributed by atoms with Gasteiger partial charge in [0, 0.05) is 0 Å². The van der Waals surface area contributed by atoms with E-state index >= 15 is 0 Å². The maximum Gasteiger partial charge on any atom is 0.573 e. The second-order valence-corrected chi connectivity index (χ2v) is 3.50. The Balaban J connectivity index is 3.35. The minimum atomic E-state index is -5.20. The number of nitrogen functional groups attached to an aromatic ring is 1. The molecule has 0 aliphatic heterocycles. The summed E-state index contributed by atoms with van der Waals surface area (Å²) in [5.41, 5.74) is 2.28. The molecule has 0 bridgehead atoms. The maximum atomic E-state index is 12.6. The topological polar surface area (TPSA) is 85.4 Å². The molecule has 1 aromatic heterocycles. The van der Waals surface area contributed by atoms with E-state index < -0.39 is 47.8 Å². The third-order valence-corrected chi connectivity index (χ3v) is 1.93. The zero-order valence-electron chi connectivity index (χ0n) is 9.34. The number of hydrogen-bond acceptors (Lipinski definition) is 4. The van der Waals surface area contributed by atoms with Crippen molar-refractivity contribution in [1.82, 2.24) is 4.98 Å². The Labute approximate surface area is 107 Å². The number of carboxylic acid groups (broad SMARTS) is 1. The molecule has 1 heterocycles. The van der Waals surface area contributed by atoms with Crippen LogP contribution >= 0.6 is 0 Å². The van der Waals surface area contributed by atoms with E-state index in [-0.39, 0.29) is 6.07 Å². The van der Waals surface area contributed by atoms with Gasteiger partial charge in [0.05, 0.1) is 6.42 Å². The number of aromatic nitrogens is 1. The molecular weight excluding hydrogens is 298 g/mol. The normalized spacial score (nSPS) is 12.3. The highest BCUT2D eigenvalue weighted by Gasteiger charge is 2.38. The number of carbonyl (C=O) groups is 1. The smallest absolute Gasteiger partial charge is 0.481 e. The zero-order chi connectivity index (χ0) is 15.7. The molecule has 112 valence electrons. The van der Waals surface area contributed by atoms with E-state index in [4.69, 9.17) is 10.8 Å². The van der Waals surface area contributed by atoms with Gasteiger partial charge in [0.1, 0.15) is 0 Å². The highest BCUT2D eigenvalue weighted by molar-refractivity contribution is 5.71. The van der Waals surface area contributed by atoms with E-state index in [0.717, 1.165) is 0 Å². The zero-order valence-corrected chi connectivity index (χ0v) is 9.34. The van der Waals surface area contributed by atoms with Gasteiger partial charge in [-0.25, -0.2) is 4.98 Å². The Hall–Kier alpha value is -2.20. The van der Waals surface area contributed by atoms with Crippen molar-refractivity contribution < 1.29 is 41.0 Å². The molecule has 0 aromatic carbocycles. The summed E-state index contributed by atoms with van der Waals surface area (Å²) in [4.78, 5) is 13.2. The maximum absolute atomic E-state index is 12.6. The van der Waals surface area contributed by atoms with Gasteiger partial charge in [-0.05, 0) is 11.6 Å². The van der Waals surface area contributed by atoms with E-state index in [2.05, 4.69) is 9.72 Å². The molecule has 3 N–H and O–H groups in total. The van der Waals surface area contributed by atoms with Crippen molar-refractivity contribution in [1.29, 1.82) is 0 Å². The van der Waals surface area contributed by atoms with Crippen molar-refractivity contribution in [2.75, 3.05) is 5.73 Å². The lowest BCUT2D eigenvalue weighted by atomic mass is 10.1. The SMILES string of the molecule is Nc1nc(C(F)(F)F)c(CC(=O)O)cc1OC(F)(F)F. The number of ether oxygens (including phenoxy) is 1. The molecule has 0 radical (unpaired) electrons. The molecule has 11 heteroatoms. The van der Waals surface area contributed by atoms with Crippen LogP contribution < -0.4 is 10.5 Å². The van der Waals surface area contributed by atoms with Gasteiger partial charge in [0.15, 0.2) is 17.3 Å². The lowest BCUT2D eigenvalue weighted by Crippen LogP contribution is -2.21. The summed E-state index contributed by atoms with van der Waals surface area (Å²) in [6, 6.07) is 0.257. The molecule has 20 heavy (non-hydrogen) atoms. The average molecular weight is 304 g/mol. The first-order valence-electron chi connectivity index (χ1n) is 4.74. The third kappa shape index (κ3) is 4.17. The number of nitrogens with two attached hydrogens (primary N) is 1. The minimum Gasteiger partial charge on any atom is -0.481 e. The van der Waals surface area contributed by atoms with E-state index in [1.165, 1.54) is 0 Å². The van der Waals surface area contributed by atoms with Crippen molar-refractivity contribution >= 4 is 11.8 Å². The Kier molecular flexibility index (Phi) is 4.01. The third-order valence-electron chi connectivity index (χ3n) is 1.93. The molecule has 1 aromatic rings. The predicted octanol–water partition coefficient (Wildman–Crippen LogP) is 2.21. The van der Waals surface area contributed by atoms with Crippen LogP contribution in [0.3, 0.4) is 0 Å². The van der Waals surface area contributed by atoms with Crippen molar-refractivity contribution in [2.24, 2.45) is 0 Å². The van der Waals surface area contributed by atoms with Crippen LogP contribution in [-0.4, -0.2) is 22.4 Å². The van der Waals surface area contributed by atoms with Crippen LogP contribution in [0.2, 0.25) is 0 Å². The van der Waals surface area contributed by atoms with Gasteiger partial charge in [-0.1, -0.05) is 0 Å². The predicted molar refractivity (Wildman–Crippen MR) is 51.7 cm³/mol. The minimum absolute atomic E-state index is 0.257. The number of alkyl halides is 6. The lowest BCUT2D eigenvalue weighted by molar-refractivity contribution is -0.274. The fourth-order valence-electron chi connectivity index (χ4n) is 1.30. The molecule has 0 atom stereocenters. The molecule has 0 amide bonds. The molecule has 0 fully saturated rings. The van der Waals surface area contributed by atoms with Gasteiger partial charge in [-0.15, -0.1) is 13.2 Å². The Morgan fingerprint density at radius 2 is 1.85 bits per heavy atom. The fourth-order valence-corrected chi connectivity index (χ4v) is 1.30. The van der Waals surface area contributed by atoms with Crippen LogP contribution in [0.1, 0.15) is 11.3 Å². The van der Waals surface area contributed by atoms with Gasteiger partial charge < -0.3 is 15.6 Å². The van der Waals surface area contributed by atoms with Gasteiger partial charge in [0.2, 0.25) is 0 Å². The first kappa shape index (κ1) is 15.9. The second kappa shape index (κ2) is 5.06. The summed E-state index contributed by atoms with van der Waals surface area (Å²) in [5.74, 6) is -4.02. The molecule has 1 rings (SSSR count). The summed E-state index contributed by atoms with van der Waals surface area (Å²) < 4.78 is 77.1. The van der Waals surface area contributed by atoms with E-state index in [9.17, 15) is 31.1 Å². The summed E-state index contributed by atoms with van der Waals surface area (Å²) >= 11 is 0. The van der Waals surface area contributed by atoms with Crippen LogP contribution in [0, 0.1) is 0 Å². The Morgan fingerprint density at radius 3 is 2.25 bits per heavy atom. The number of rotatable bonds is 3. The van der Waals surface area contributed by atoms with Crippen molar-refractivity contribution in [3.8, 4) is 5.75 Å². The van der Waals surface area contributed by atoms with E-state index in [1.807, 2.05) is 0 Å². The first-order chi connectivity index (χ1) is 8.90. The summed E-state index contributed by atoms with van der Waals surface area (Å²) in [5, 5.41) is 8.46. The van der Waals surface area contributed by atoms with Crippen LogP contribution in [0.4, 0.5) is 32.2 Å². The van der Waals surface area contributed by atoms with E-state index in [0.29, 0.717) is 0 Å². The van der Waals surface area contributed by atoms with Crippen molar-refractivity contribution in [3.05, 3.63) is 17.3 Å². The van der Waals surface area contributed by atoms with E-state index in [1.54, 1.807) is 0 Å². The number of anilines is 1. The van der Waals surface area contributed by atoms with Crippen molar-refractivity contribution in [2.45, 2.75) is 19.0 Å². The highest BCUT2D eigenvalue weighted by Crippen LogP contribution is 2.36. The van der Waals surface area contributed by atoms with Crippen LogP contribution in [0.5, 0.6) is 5.75 Å². The van der Waals surface area contributed by atoms with Crippen LogP contribution in [-0.2, 0) is 17.4 Å². The number of nitrogens with zero attached hydrogens (tertiary/aromatic N) is 1. The standard InChI is InChI=1S/C9H6F6N2O3/c10-8(11,12)6-3(2-5(18)19)1-4(7(16)17-6)20-9(13,14)15/h1H,2H2,(H2,16,17)(H,18,19). The summed E-state index contributed by atoms with van der Waals surface area (Å²) in [7, 11) is 0. The Morgan fingerprint density at radius 1 is 1.30 bits per heavy atom.